The molecule has 1 saturated heterocycles. The summed E-state index contributed by atoms with van der Waals surface area (Å²) in [5.41, 5.74) is 0.0206. The summed E-state index contributed by atoms with van der Waals surface area (Å²) >= 11 is 5.80. The van der Waals surface area contributed by atoms with Crippen molar-refractivity contribution in [3.8, 4) is 0 Å². The van der Waals surface area contributed by atoms with Crippen molar-refractivity contribution in [2.75, 3.05) is 13.6 Å². The SMILES string of the molecule is CN1C[C@@H](NC(=O)c2ncncc2Cl)CC[C@@H]1C(F)(F)F. The van der Waals surface area contributed by atoms with Crippen LogP contribution >= 0.6 is 11.6 Å². The smallest absolute Gasteiger partial charge is 0.347 e. The molecule has 0 aromatic carbocycles. The van der Waals surface area contributed by atoms with Crippen LogP contribution in [0.2, 0.25) is 5.02 Å². The molecule has 116 valence electrons. The van der Waals surface area contributed by atoms with Crippen molar-refractivity contribution < 1.29 is 18.0 Å². The minimum atomic E-state index is -4.25. The van der Waals surface area contributed by atoms with E-state index in [2.05, 4.69) is 15.3 Å². The van der Waals surface area contributed by atoms with Crippen molar-refractivity contribution >= 4 is 17.5 Å². The third-order valence-corrected chi connectivity index (χ3v) is 3.70. The highest BCUT2D eigenvalue weighted by Gasteiger charge is 2.44. The maximum atomic E-state index is 12.7. The Labute approximate surface area is 124 Å². The van der Waals surface area contributed by atoms with Crippen molar-refractivity contribution in [3.05, 3.63) is 23.2 Å². The predicted molar refractivity (Wildman–Crippen MR) is 70.0 cm³/mol. The van der Waals surface area contributed by atoms with Crippen molar-refractivity contribution in [2.45, 2.75) is 31.1 Å². The molecule has 5 nitrogen and oxygen atoms in total. The Bertz CT molecular complexity index is 525. The molecule has 0 spiro atoms. The molecule has 21 heavy (non-hydrogen) atoms. The maximum Gasteiger partial charge on any atom is 0.404 e. The minimum absolute atomic E-state index is 0.0206. The summed E-state index contributed by atoms with van der Waals surface area (Å²) < 4.78 is 38.2. The highest BCUT2D eigenvalue weighted by molar-refractivity contribution is 6.33. The van der Waals surface area contributed by atoms with E-state index in [9.17, 15) is 18.0 Å². The number of nitrogens with one attached hydrogen (secondary N) is 1. The first-order valence-electron chi connectivity index (χ1n) is 6.32. The van der Waals surface area contributed by atoms with E-state index in [1.807, 2.05) is 0 Å². The number of carbonyl (C=O) groups excluding carboxylic acids is 1. The van der Waals surface area contributed by atoms with E-state index >= 15 is 0 Å². The first-order chi connectivity index (χ1) is 9.79. The lowest BCUT2D eigenvalue weighted by Crippen LogP contribution is -2.54. The van der Waals surface area contributed by atoms with E-state index in [1.165, 1.54) is 24.5 Å². The van der Waals surface area contributed by atoms with Crippen LogP contribution in [-0.2, 0) is 0 Å². The summed E-state index contributed by atoms with van der Waals surface area (Å²) in [6, 6.07) is -1.83. The van der Waals surface area contributed by atoms with Crippen LogP contribution in [0.4, 0.5) is 13.2 Å². The molecular weight excluding hydrogens is 309 g/mol. The van der Waals surface area contributed by atoms with Crippen LogP contribution in [0.25, 0.3) is 0 Å². The van der Waals surface area contributed by atoms with E-state index in [1.54, 1.807) is 0 Å². The summed E-state index contributed by atoms with van der Waals surface area (Å²) in [5.74, 6) is -0.508. The molecule has 0 radical (unpaired) electrons. The second-order valence-electron chi connectivity index (χ2n) is 4.96. The molecular formula is C12H14ClF3N4O. The Balaban J connectivity index is 1.97. The van der Waals surface area contributed by atoms with Gasteiger partial charge >= 0.3 is 6.18 Å². The normalized spacial score (nSPS) is 23.9. The number of piperidine rings is 1. The zero-order valence-corrected chi connectivity index (χ0v) is 11.9. The van der Waals surface area contributed by atoms with Gasteiger partial charge in [-0.25, -0.2) is 9.97 Å². The molecule has 1 amide bonds. The Kier molecular flexibility index (Phi) is 4.67. The van der Waals surface area contributed by atoms with Gasteiger partial charge in [0.25, 0.3) is 5.91 Å². The Morgan fingerprint density at radius 1 is 1.48 bits per heavy atom. The standard InChI is InChI=1S/C12H14ClF3N4O/c1-20-5-7(2-3-9(20)12(14,15)16)19-11(21)10-8(13)4-17-6-18-10/h4,6-7,9H,2-3,5H2,1H3,(H,19,21)/t7-,9+/m0/s1. The summed E-state index contributed by atoms with van der Waals surface area (Å²) in [4.78, 5) is 20.6. The molecule has 2 heterocycles. The molecule has 0 aliphatic carbocycles. The van der Waals surface area contributed by atoms with Crippen LogP contribution in [0.15, 0.2) is 12.5 Å². The van der Waals surface area contributed by atoms with Crippen LogP contribution in [0, 0.1) is 0 Å². The van der Waals surface area contributed by atoms with Gasteiger partial charge in [-0.05, 0) is 19.9 Å². The van der Waals surface area contributed by atoms with E-state index in [-0.39, 0.29) is 36.1 Å². The number of rotatable bonds is 2. The van der Waals surface area contributed by atoms with Crippen molar-refractivity contribution in [1.82, 2.24) is 20.2 Å². The Morgan fingerprint density at radius 2 is 2.19 bits per heavy atom. The molecule has 2 rings (SSSR count). The fourth-order valence-corrected chi connectivity index (χ4v) is 2.60. The maximum absolute atomic E-state index is 12.7. The van der Waals surface area contributed by atoms with Gasteiger partial charge in [-0.15, -0.1) is 0 Å². The summed E-state index contributed by atoms with van der Waals surface area (Å²) in [6.45, 7) is 0.124. The minimum Gasteiger partial charge on any atom is -0.347 e. The molecule has 9 heteroatoms. The first kappa shape index (κ1) is 16.0. The molecule has 0 unspecified atom stereocenters. The van der Waals surface area contributed by atoms with Crippen LogP contribution in [-0.4, -0.2) is 52.6 Å². The number of halogens is 4. The highest BCUT2D eigenvalue weighted by Crippen LogP contribution is 2.30. The molecule has 1 fully saturated rings. The van der Waals surface area contributed by atoms with Gasteiger partial charge in [0, 0.05) is 18.8 Å². The number of hydrogen-bond acceptors (Lipinski definition) is 4. The number of nitrogens with zero attached hydrogens (tertiary/aromatic N) is 3. The Morgan fingerprint density at radius 3 is 2.76 bits per heavy atom. The fraction of sp³-hybridized carbons (Fsp3) is 0.583. The summed E-state index contributed by atoms with van der Waals surface area (Å²) in [5, 5.41) is 2.76. The molecule has 1 N–H and O–H groups in total. The van der Waals surface area contributed by atoms with Crippen molar-refractivity contribution in [3.63, 3.8) is 0 Å². The topological polar surface area (TPSA) is 58.1 Å². The number of likely N-dealkylation sites (tertiary alicyclic amines) is 1. The third kappa shape index (κ3) is 3.82. The number of hydrogen-bond donors (Lipinski definition) is 1. The van der Waals surface area contributed by atoms with Gasteiger partial charge < -0.3 is 5.32 Å². The average Bonchev–Trinajstić information content (AvgIpc) is 2.37. The molecule has 1 aliphatic heterocycles. The van der Waals surface area contributed by atoms with Crippen LogP contribution in [0.3, 0.4) is 0 Å². The van der Waals surface area contributed by atoms with Crippen LogP contribution in [0.5, 0.6) is 0 Å². The number of carbonyl (C=O) groups is 1. The number of likely N-dealkylation sites (N-methyl/N-ethyl adjacent to an activating group) is 1. The van der Waals surface area contributed by atoms with Gasteiger partial charge in [0.1, 0.15) is 18.1 Å². The number of amides is 1. The second kappa shape index (κ2) is 6.15. The van der Waals surface area contributed by atoms with E-state index < -0.39 is 18.1 Å². The quantitative estimate of drug-likeness (QED) is 0.903. The van der Waals surface area contributed by atoms with Crippen LogP contribution in [0.1, 0.15) is 23.3 Å². The Hall–Kier alpha value is -1.41. The van der Waals surface area contributed by atoms with Crippen molar-refractivity contribution in [1.29, 1.82) is 0 Å². The van der Waals surface area contributed by atoms with Gasteiger partial charge in [0.05, 0.1) is 5.02 Å². The van der Waals surface area contributed by atoms with E-state index in [0.29, 0.717) is 0 Å². The van der Waals surface area contributed by atoms with Gasteiger partial charge in [0.2, 0.25) is 0 Å². The zero-order valence-electron chi connectivity index (χ0n) is 11.2. The first-order valence-corrected chi connectivity index (χ1v) is 6.70. The van der Waals surface area contributed by atoms with Gasteiger partial charge in [-0.1, -0.05) is 11.6 Å². The lowest BCUT2D eigenvalue weighted by Gasteiger charge is -2.38. The molecule has 1 aliphatic rings. The fourth-order valence-electron chi connectivity index (χ4n) is 2.41. The zero-order chi connectivity index (χ0) is 15.6. The van der Waals surface area contributed by atoms with Gasteiger partial charge in [-0.2, -0.15) is 13.2 Å². The van der Waals surface area contributed by atoms with Crippen molar-refractivity contribution in [2.24, 2.45) is 0 Å². The van der Waals surface area contributed by atoms with E-state index in [4.69, 9.17) is 11.6 Å². The molecule has 1 aromatic heterocycles. The number of alkyl halides is 3. The lowest BCUT2D eigenvalue weighted by atomic mass is 9.98. The molecule has 0 saturated carbocycles. The number of aromatic nitrogens is 2. The summed E-state index contributed by atoms with van der Waals surface area (Å²) in [7, 11) is 1.40. The lowest BCUT2D eigenvalue weighted by molar-refractivity contribution is -0.188. The van der Waals surface area contributed by atoms with Gasteiger partial charge in [0.15, 0.2) is 0 Å². The molecule has 0 bridgehead atoms. The van der Waals surface area contributed by atoms with Crippen LogP contribution < -0.4 is 5.32 Å². The summed E-state index contributed by atoms with van der Waals surface area (Å²) in [6.07, 6.45) is -1.57. The molecule has 1 aromatic rings. The predicted octanol–water partition coefficient (Wildman–Crippen LogP) is 1.88. The monoisotopic (exact) mass is 322 g/mol. The van der Waals surface area contributed by atoms with E-state index in [0.717, 1.165) is 0 Å². The third-order valence-electron chi connectivity index (χ3n) is 3.42. The average molecular weight is 323 g/mol. The largest absolute Gasteiger partial charge is 0.404 e. The molecule has 2 atom stereocenters. The highest BCUT2D eigenvalue weighted by atomic mass is 35.5. The van der Waals surface area contributed by atoms with Gasteiger partial charge in [-0.3, -0.25) is 9.69 Å². The second-order valence-corrected chi connectivity index (χ2v) is 5.37.